The van der Waals surface area contributed by atoms with Crippen molar-refractivity contribution in [1.82, 2.24) is 15.5 Å². The van der Waals surface area contributed by atoms with Gasteiger partial charge in [-0.3, -0.25) is 9.59 Å². The van der Waals surface area contributed by atoms with Gasteiger partial charge >= 0.3 is 6.09 Å². The fourth-order valence-electron chi connectivity index (χ4n) is 4.79. The van der Waals surface area contributed by atoms with Gasteiger partial charge in [0.25, 0.3) is 0 Å². The Bertz CT molecular complexity index is 1160. The Morgan fingerprint density at radius 2 is 1.59 bits per heavy atom. The largest absolute Gasteiger partial charge is 0.444 e. The van der Waals surface area contributed by atoms with Crippen molar-refractivity contribution >= 4 is 17.9 Å². The van der Waals surface area contributed by atoms with Crippen LogP contribution in [0.4, 0.5) is 4.79 Å². The van der Waals surface area contributed by atoms with Crippen LogP contribution in [0.2, 0.25) is 0 Å². The Balaban J connectivity index is 2.09. The summed E-state index contributed by atoms with van der Waals surface area (Å²) in [5.74, 6) is -0.517. The van der Waals surface area contributed by atoms with Crippen molar-refractivity contribution in [3.63, 3.8) is 0 Å². The zero-order valence-corrected chi connectivity index (χ0v) is 24.8. The zero-order valence-electron chi connectivity index (χ0n) is 24.8. The van der Waals surface area contributed by atoms with Gasteiger partial charge in [-0.1, -0.05) is 48.5 Å². The number of hydrogen-bond donors (Lipinski definition) is 2. The summed E-state index contributed by atoms with van der Waals surface area (Å²) in [4.78, 5) is 43.2. The van der Waals surface area contributed by atoms with E-state index in [0.29, 0.717) is 0 Å². The minimum absolute atomic E-state index is 0.105. The number of carbonyl (C=O) groups is 3. The SMILES string of the molecule is Cc1cccc(C(C(=O)NC(C)(C)C)N(C(=O)C(Cc2ccccc2)NC(=O)OC(C)(C)C)C2CCC2)c1C. The van der Waals surface area contributed by atoms with Crippen molar-refractivity contribution in [2.24, 2.45) is 0 Å². The van der Waals surface area contributed by atoms with Gasteiger partial charge in [0.2, 0.25) is 11.8 Å². The van der Waals surface area contributed by atoms with E-state index in [1.165, 1.54) is 0 Å². The van der Waals surface area contributed by atoms with Crippen LogP contribution >= 0.6 is 0 Å². The van der Waals surface area contributed by atoms with Crippen LogP contribution in [0.15, 0.2) is 48.5 Å². The van der Waals surface area contributed by atoms with Gasteiger partial charge in [-0.05, 0) is 96.9 Å². The van der Waals surface area contributed by atoms with Gasteiger partial charge in [0.15, 0.2) is 0 Å². The van der Waals surface area contributed by atoms with Crippen LogP contribution in [-0.2, 0) is 20.7 Å². The normalized spacial score (nSPS) is 15.5. The molecule has 0 radical (unpaired) electrons. The van der Waals surface area contributed by atoms with Gasteiger partial charge in [-0.2, -0.15) is 0 Å². The molecule has 7 heteroatoms. The Morgan fingerprint density at radius 3 is 2.13 bits per heavy atom. The summed E-state index contributed by atoms with van der Waals surface area (Å²) in [5, 5.41) is 5.96. The van der Waals surface area contributed by atoms with Gasteiger partial charge < -0.3 is 20.3 Å². The fraction of sp³-hybridized carbons (Fsp3) is 0.531. The number of aryl methyl sites for hydroxylation is 1. The number of alkyl carbamates (subject to hydrolysis) is 1. The first-order valence-electron chi connectivity index (χ1n) is 13.9. The molecule has 212 valence electrons. The maximum atomic E-state index is 14.5. The molecular formula is C32H45N3O4. The molecule has 2 aromatic carbocycles. The number of carbonyl (C=O) groups excluding carboxylic acids is 3. The van der Waals surface area contributed by atoms with Crippen LogP contribution in [0.25, 0.3) is 0 Å². The lowest BCUT2D eigenvalue weighted by molar-refractivity contribution is -0.148. The van der Waals surface area contributed by atoms with Crippen molar-refractivity contribution in [1.29, 1.82) is 0 Å². The number of nitrogens with zero attached hydrogens (tertiary/aromatic N) is 1. The molecule has 2 aromatic rings. The second-order valence-electron chi connectivity index (χ2n) is 12.6. The Labute approximate surface area is 233 Å². The van der Waals surface area contributed by atoms with Gasteiger partial charge in [0, 0.05) is 18.0 Å². The van der Waals surface area contributed by atoms with Crippen LogP contribution in [0.3, 0.4) is 0 Å². The third kappa shape index (κ3) is 8.32. The monoisotopic (exact) mass is 535 g/mol. The highest BCUT2D eigenvalue weighted by atomic mass is 16.6. The molecule has 1 saturated carbocycles. The van der Waals surface area contributed by atoms with E-state index in [1.807, 2.05) is 83.1 Å². The van der Waals surface area contributed by atoms with Crippen molar-refractivity contribution in [3.8, 4) is 0 Å². The molecule has 0 heterocycles. The average molecular weight is 536 g/mol. The average Bonchev–Trinajstić information content (AvgIpc) is 2.77. The highest BCUT2D eigenvalue weighted by Crippen LogP contribution is 2.36. The third-order valence-corrected chi connectivity index (χ3v) is 6.96. The quantitative estimate of drug-likeness (QED) is 0.449. The number of rotatable bonds is 8. The van der Waals surface area contributed by atoms with Crippen molar-refractivity contribution in [3.05, 3.63) is 70.8 Å². The van der Waals surface area contributed by atoms with E-state index in [4.69, 9.17) is 4.74 Å². The fourth-order valence-corrected chi connectivity index (χ4v) is 4.79. The molecule has 2 N–H and O–H groups in total. The predicted octanol–water partition coefficient (Wildman–Crippen LogP) is 5.78. The second-order valence-corrected chi connectivity index (χ2v) is 12.6. The van der Waals surface area contributed by atoms with Crippen molar-refractivity contribution in [2.75, 3.05) is 0 Å². The van der Waals surface area contributed by atoms with Crippen LogP contribution < -0.4 is 10.6 Å². The molecule has 0 spiro atoms. The number of benzene rings is 2. The molecule has 3 amide bonds. The molecule has 1 aliphatic rings. The number of nitrogens with one attached hydrogen (secondary N) is 2. The second kappa shape index (κ2) is 12.2. The molecule has 1 aliphatic carbocycles. The van der Waals surface area contributed by atoms with Crippen molar-refractivity contribution < 1.29 is 19.1 Å². The summed E-state index contributed by atoms with van der Waals surface area (Å²) in [5.41, 5.74) is 2.53. The van der Waals surface area contributed by atoms with E-state index in [2.05, 4.69) is 10.6 Å². The van der Waals surface area contributed by atoms with E-state index >= 15 is 0 Å². The van der Waals surface area contributed by atoms with Gasteiger partial charge in [-0.25, -0.2) is 4.79 Å². The minimum atomic E-state index is -0.905. The summed E-state index contributed by atoms with van der Waals surface area (Å²) in [6.07, 6.45) is 2.22. The minimum Gasteiger partial charge on any atom is -0.444 e. The summed E-state index contributed by atoms with van der Waals surface area (Å²) in [6.45, 7) is 15.2. The molecule has 0 saturated heterocycles. The summed E-state index contributed by atoms with van der Waals surface area (Å²) < 4.78 is 5.53. The third-order valence-electron chi connectivity index (χ3n) is 6.96. The van der Waals surface area contributed by atoms with Gasteiger partial charge in [0.05, 0.1) is 0 Å². The van der Waals surface area contributed by atoms with E-state index in [0.717, 1.165) is 41.5 Å². The maximum Gasteiger partial charge on any atom is 0.408 e. The first-order valence-corrected chi connectivity index (χ1v) is 13.9. The molecule has 1 fully saturated rings. The molecule has 0 aliphatic heterocycles. The molecule has 0 aromatic heterocycles. The van der Waals surface area contributed by atoms with Crippen LogP contribution in [0, 0.1) is 13.8 Å². The van der Waals surface area contributed by atoms with E-state index in [1.54, 1.807) is 25.7 Å². The Kier molecular flexibility index (Phi) is 9.47. The summed E-state index contributed by atoms with van der Waals surface area (Å²) in [6, 6.07) is 13.6. The van der Waals surface area contributed by atoms with Crippen LogP contribution in [0.1, 0.15) is 89.1 Å². The highest BCUT2D eigenvalue weighted by Gasteiger charge is 2.43. The smallest absolute Gasteiger partial charge is 0.408 e. The van der Waals surface area contributed by atoms with Crippen molar-refractivity contribution in [2.45, 2.75) is 110 Å². The lowest BCUT2D eigenvalue weighted by Gasteiger charge is -2.44. The van der Waals surface area contributed by atoms with Crippen LogP contribution in [-0.4, -0.2) is 46.0 Å². The van der Waals surface area contributed by atoms with E-state index < -0.39 is 29.3 Å². The molecule has 3 rings (SSSR count). The lowest BCUT2D eigenvalue weighted by Crippen LogP contribution is -2.59. The number of amides is 3. The highest BCUT2D eigenvalue weighted by molar-refractivity contribution is 5.93. The zero-order chi connectivity index (χ0) is 29.0. The molecule has 7 nitrogen and oxygen atoms in total. The van der Waals surface area contributed by atoms with Crippen LogP contribution in [0.5, 0.6) is 0 Å². The predicted molar refractivity (Wildman–Crippen MR) is 154 cm³/mol. The molecule has 0 bridgehead atoms. The van der Waals surface area contributed by atoms with E-state index in [-0.39, 0.29) is 24.3 Å². The molecule has 39 heavy (non-hydrogen) atoms. The standard InChI is InChI=1S/C32H45N3O4/c1-21-14-12-19-25(22(21)2)27(28(36)34-31(3,4)5)35(24-17-13-18-24)29(37)26(20-23-15-10-9-11-16-23)33-30(38)39-32(6,7)8/h9-12,14-16,19,24,26-27H,13,17-18,20H2,1-8H3,(H,33,38)(H,34,36). The Morgan fingerprint density at radius 1 is 0.949 bits per heavy atom. The lowest BCUT2D eigenvalue weighted by atomic mass is 9.86. The maximum absolute atomic E-state index is 14.5. The first-order chi connectivity index (χ1) is 18.2. The van der Waals surface area contributed by atoms with Gasteiger partial charge in [0.1, 0.15) is 17.7 Å². The summed E-state index contributed by atoms with van der Waals surface area (Å²) >= 11 is 0. The van der Waals surface area contributed by atoms with Gasteiger partial charge in [-0.15, -0.1) is 0 Å². The topological polar surface area (TPSA) is 87.7 Å². The Hall–Kier alpha value is -3.35. The van der Waals surface area contributed by atoms with E-state index in [9.17, 15) is 14.4 Å². The molecular weight excluding hydrogens is 490 g/mol. The molecule has 2 atom stereocenters. The number of ether oxygens (including phenoxy) is 1. The molecule has 2 unspecified atom stereocenters. The number of hydrogen-bond acceptors (Lipinski definition) is 4. The first kappa shape index (κ1) is 30.2. The summed E-state index contributed by atoms with van der Waals surface area (Å²) in [7, 11) is 0.